The molecule has 106 valence electrons. The molecule has 0 heterocycles. The van der Waals surface area contributed by atoms with Crippen LogP contribution in [0.1, 0.15) is 44.9 Å². The quantitative estimate of drug-likeness (QED) is 0.751. The number of alkyl halides is 3. The molecule has 0 aromatic rings. The molecule has 0 aromatic carbocycles. The van der Waals surface area contributed by atoms with E-state index < -0.39 is 24.2 Å². The largest absolute Gasteiger partial charge is 0.481 e. The normalized spacial score (nSPS) is 19.7. The van der Waals surface area contributed by atoms with Crippen LogP contribution in [0.4, 0.5) is 13.2 Å². The van der Waals surface area contributed by atoms with Crippen LogP contribution < -0.4 is 0 Å². The van der Waals surface area contributed by atoms with Crippen molar-refractivity contribution in [1.82, 2.24) is 0 Å². The monoisotopic (exact) mass is 268 g/mol. The molecule has 6 heteroatoms. The average Bonchev–Trinajstić information content (AvgIpc) is 2.28. The minimum Gasteiger partial charge on any atom is -0.481 e. The third kappa shape index (κ3) is 4.84. The lowest BCUT2D eigenvalue weighted by molar-refractivity contribution is -0.175. The zero-order chi connectivity index (χ0) is 13.6. The maximum Gasteiger partial charge on any atom is 0.411 e. The van der Waals surface area contributed by atoms with Crippen molar-refractivity contribution < 1.29 is 27.8 Å². The number of carbonyl (C=O) groups is 1. The molecule has 0 aliphatic heterocycles. The Hall–Kier alpha value is -0.780. The lowest BCUT2D eigenvalue weighted by Gasteiger charge is -2.33. The van der Waals surface area contributed by atoms with Gasteiger partial charge in [0.2, 0.25) is 0 Å². The van der Waals surface area contributed by atoms with Crippen molar-refractivity contribution in [3.05, 3.63) is 0 Å². The summed E-state index contributed by atoms with van der Waals surface area (Å²) >= 11 is 0. The molecule has 1 fully saturated rings. The van der Waals surface area contributed by atoms with E-state index in [4.69, 9.17) is 0 Å². The number of hydrogen-bond donors (Lipinski definition) is 1. The highest BCUT2D eigenvalue weighted by molar-refractivity contribution is 5.74. The van der Waals surface area contributed by atoms with Gasteiger partial charge in [-0.2, -0.15) is 13.2 Å². The Morgan fingerprint density at radius 2 is 1.83 bits per heavy atom. The van der Waals surface area contributed by atoms with Crippen LogP contribution in [-0.4, -0.2) is 30.5 Å². The second-order valence-electron chi connectivity index (χ2n) is 4.92. The third-order valence-corrected chi connectivity index (χ3v) is 3.47. The van der Waals surface area contributed by atoms with E-state index in [1.54, 1.807) is 0 Å². The highest BCUT2D eigenvalue weighted by Crippen LogP contribution is 2.40. The van der Waals surface area contributed by atoms with Gasteiger partial charge in [0.15, 0.2) is 0 Å². The van der Waals surface area contributed by atoms with E-state index in [0.29, 0.717) is 25.7 Å². The molecule has 0 bridgehead atoms. The SMILES string of the molecule is O=C(O)C1(CCCOCC(F)(F)F)CCCCC1. The van der Waals surface area contributed by atoms with Crippen LogP contribution in [0, 0.1) is 5.41 Å². The van der Waals surface area contributed by atoms with E-state index in [0.717, 1.165) is 19.3 Å². The van der Waals surface area contributed by atoms with Crippen LogP contribution >= 0.6 is 0 Å². The fourth-order valence-corrected chi connectivity index (χ4v) is 2.50. The standard InChI is InChI=1S/C12H19F3O3/c13-12(14,15)9-18-8-4-7-11(10(16)17)5-2-1-3-6-11/h1-9H2,(H,16,17). The topological polar surface area (TPSA) is 46.5 Å². The van der Waals surface area contributed by atoms with Gasteiger partial charge >= 0.3 is 12.1 Å². The summed E-state index contributed by atoms with van der Waals surface area (Å²) in [5, 5.41) is 9.25. The summed E-state index contributed by atoms with van der Waals surface area (Å²) in [5.74, 6) is -0.821. The van der Waals surface area contributed by atoms with Crippen LogP contribution in [0.15, 0.2) is 0 Å². The van der Waals surface area contributed by atoms with Crippen LogP contribution in [0.3, 0.4) is 0 Å². The molecular formula is C12H19F3O3. The zero-order valence-electron chi connectivity index (χ0n) is 10.3. The maximum absolute atomic E-state index is 11.8. The van der Waals surface area contributed by atoms with E-state index in [2.05, 4.69) is 4.74 Å². The highest BCUT2D eigenvalue weighted by Gasteiger charge is 2.38. The van der Waals surface area contributed by atoms with Crippen molar-refractivity contribution in [2.75, 3.05) is 13.2 Å². The van der Waals surface area contributed by atoms with Crippen molar-refractivity contribution in [3.8, 4) is 0 Å². The second-order valence-corrected chi connectivity index (χ2v) is 4.92. The van der Waals surface area contributed by atoms with Crippen molar-refractivity contribution in [2.45, 2.75) is 51.1 Å². The average molecular weight is 268 g/mol. The minimum atomic E-state index is -4.31. The van der Waals surface area contributed by atoms with E-state index in [1.165, 1.54) is 0 Å². The highest BCUT2D eigenvalue weighted by atomic mass is 19.4. The molecule has 3 nitrogen and oxygen atoms in total. The van der Waals surface area contributed by atoms with Gasteiger partial charge in [-0.25, -0.2) is 0 Å². The van der Waals surface area contributed by atoms with Gasteiger partial charge in [-0.1, -0.05) is 19.3 Å². The Bertz CT molecular complexity index is 270. The van der Waals surface area contributed by atoms with Crippen LogP contribution in [0.2, 0.25) is 0 Å². The Morgan fingerprint density at radius 3 is 2.33 bits per heavy atom. The number of carboxylic acid groups (broad SMARTS) is 1. The van der Waals surface area contributed by atoms with Gasteiger partial charge in [0, 0.05) is 6.61 Å². The first-order valence-electron chi connectivity index (χ1n) is 6.24. The number of rotatable bonds is 6. The van der Waals surface area contributed by atoms with Crippen LogP contribution in [-0.2, 0) is 9.53 Å². The summed E-state index contributed by atoms with van der Waals surface area (Å²) in [5.41, 5.74) is -0.736. The molecule has 1 aliphatic carbocycles. The molecular weight excluding hydrogens is 249 g/mol. The summed E-state index contributed by atoms with van der Waals surface area (Å²) in [6.07, 6.45) is 0.520. The summed E-state index contributed by atoms with van der Waals surface area (Å²) in [4.78, 5) is 11.3. The van der Waals surface area contributed by atoms with Crippen LogP contribution in [0.25, 0.3) is 0 Å². The number of halogens is 3. The Labute approximate surface area is 104 Å². The number of hydrogen-bond acceptors (Lipinski definition) is 2. The van der Waals surface area contributed by atoms with Crippen molar-refractivity contribution in [2.24, 2.45) is 5.41 Å². The first kappa shape index (κ1) is 15.3. The Morgan fingerprint density at radius 1 is 1.22 bits per heavy atom. The third-order valence-electron chi connectivity index (χ3n) is 3.47. The molecule has 0 radical (unpaired) electrons. The second kappa shape index (κ2) is 6.41. The molecule has 0 atom stereocenters. The summed E-state index contributed by atoms with van der Waals surface area (Å²) in [7, 11) is 0. The van der Waals surface area contributed by atoms with Crippen molar-refractivity contribution in [3.63, 3.8) is 0 Å². The summed E-state index contributed by atoms with van der Waals surface area (Å²) in [6, 6.07) is 0. The van der Waals surface area contributed by atoms with Gasteiger partial charge in [0.1, 0.15) is 6.61 Å². The number of aliphatic carboxylic acids is 1. The van der Waals surface area contributed by atoms with Gasteiger partial charge in [-0.05, 0) is 25.7 Å². The van der Waals surface area contributed by atoms with E-state index in [1.807, 2.05) is 0 Å². The van der Waals surface area contributed by atoms with Crippen LogP contribution in [0.5, 0.6) is 0 Å². The van der Waals surface area contributed by atoms with Gasteiger partial charge in [0.25, 0.3) is 0 Å². The molecule has 0 aromatic heterocycles. The van der Waals surface area contributed by atoms with Gasteiger partial charge in [-0.3, -0.25) is 4.79 Å². The van der Waals surface area contributed by atoms with Gasteiger partial charge < -0.3 is 9.84 Å². The molecule has 1 aliphatic rings. The minimum absolute atomic E-state index is 0.0332. The molecule has 0 amide bonds. The first-order chi connectivity index (χ1) is 8.36. The molecule has 0 spiro atoms. The van der Waals surface area contributed by atoms with E-state index in [9.17, 15) is 23.1 Å². The van der Waals surface area contributed by atoms with Gasteiger partial charge in [0.05, 0.1) is 5.41 Å². The smallest absolute Gasteiger partial charge is 0.411 e. The van der Waals surface area contributed by atoms with E-state index in [-0.39, 0.29) is 6.61 Å². The lowest BCUT2D eigenvalue weighted by Crippen LogP contribution is -2.33. The first-order valence-corrected chi connectivity index (χ1v) is 6.24. The predicted octanol–water partition coefficient (Wildman–Crippen LogP) is 3.38. The Kier molecular flexibility index (Phi) is 5.44. The maximum atomic E-state index is 11.8. The fourth-order valence-electron chi connectivity index (χ4n) is 2.50. The Balaban J connectivity index is 2.28. The molecule has 18 heavy (non-hydrogen) atoms. The molecule has 1 rings (SSSR count). The fraction of sp³-hybridized carbons (Fsp3) is 0.917. The zero-order valence-corrected chi connectivity index (χ0v) is 10.3. The summed E-state index contributed by atoms with van der Waals surface area (Å²) in [6.45, 7) is -1.29. The molecule has 0 saturated heterocycles. The molecule has 1 N–H and O–H groups in total. The molecule has 1 saturated carbocycles. The summed E-state index contributed by atoms with van der Waals surface area (Å²) < 4.78 is 40.0. The number of ether oxygens (including phenoxy) is 1. The predicted molar refractivity (Wildman–Crippen MR) is 59.3 cm³/mol. The number of carboxylic acids is 1. The van der Waals surface area contributed by atoms with Crippen molar-refractivity contribution in [1.29, 1.82) is 0 Å². The van der Waals surface area contributed by atoms with Crippen molar-refractivity contribution >= 4 is 5.97 Å². The lowest BCUT2D eigenvalue weighted by atomic mass is 9.71. The van der Waals surface area contributed by atoms with Gasteiger partial charge in [-0.15, -0.1) is 0 Å². The molecule has 0 unspecified atom stereocenters. The van der Waals surface area contributed by atoms with E-state index >= 15 is 0 Å².